The standard InChI is InChI=1S/C34H47NO6/c1-5-7-8-11-22-12-9-13-23(16-22)17-24-18-26(28(37)6-2)35-15-10-14-29-30(27(35)19-24)21(3)31(40-29)33-32(39-4)25(20-36)34(38)41-33/h9,12-14,16,21,24,26-28,30,36-37H,5-8,10-11,15,17-20H2,1-4H3/t21-,24+,26-,27+,28-,30-/m0/s1. The van der Waals surface area contributed by atoms with Crippen LogP contribution in [0.4, 0.5) is 0 Å². The van der Waals surface area contributed by atoms with Gasteiger partial charge in [0.1, 0.15) is 11.3 Å². The number of nitrogens with zero attached hydrogens (tertiary/aromatic N) is 1. The summed E-state index contributed by atoms with van der Waals surface area (Å²) in [6.45, 7) is 6.88. The van der Waals surface area contributed by atoms with Crippen molar-refractivity contribution in [3.05, 3.63) is 70.1 Å². The molecule has 2 N–H and O–H groups in total. The number of fused-ring (bicyclic) bond motifs is 3. The minimum Gasteiger partial charge on any atom is -0.492 e. The van der Waals surface area contributed by atoms with Crippen LogP contribution < -0.4 is 0 Å². The summed E-state index contributed by atoms with van der Waals surface area (Å²) < 4.78 is 17.6. The number of esters is 1. The zero-order chi connectivity index (χ0) is 29.1. The third-order valence-electron chi connectivity index (χ3n) is 9.61. The molecule has 0 aromatic heterocycles. The van der Waals surface area contributed by atoms with Gasteiger partial charge in [-0.25, -0.2) is 4.79 Å². The van der Waals surface area contributed by atoms with Crippen molar-refractivity contribution in [3.8, 4) is 0 Å². The molecule has 4 aliphatic rings. The van der Waals surface area contributed by atoms with Crippen molar-refractivity contribution in [2.24, 2.45) is 17.8 Å². The highest BCUT2D eigenvalue weighted by atomic mass is 16.6. The maximum absolute atomic E-state index is 12.5. The third kappa shape index (κ3) is 5.99. The second-order valence-electron chi connectivity index (χ2n) is 12.2. The Morgan fingerprint density at radius 3 is 2.68 bits per heavy atom. The number of rotatable bonds is 10. The van der Waals surface area contributed by atoms with E-state index in [1.165, 1.54) is 37.5 Å². The lowest BCUT2D eigenvalue weighted by atomic mass is 9.73. The van der Waals surface area contributed by atoms with Crippen molar-refractivity contribution in [1.29, 1.82) is 0 Å². The number of carbonyl (C=O) groups is 1. The van der Waals surface area contributed by atoms with E-state index in [0.717, 1.165) is 50.8 Å². The molecule has 6 atom stereocenters. The van der Waals surface area contributed by atoms with E-state index < -0.39 is 12.6 Å². The summed E-state index contributed by atoms with van der Waals surface area (Å²) in [6.07, 6.45) is 11.2. The van der Waals surface area contributed by atoms with E-state index in [1.54, 1.807) is 0 Å². The fourth-order valence-corrected chi connectivity index (χ4v) is 7.57. The number of methoxy groups -OCH3 is 1. The van der Waals surface area contributed by atoms with E-state index in [-0.39, 0.29) is 47.1 Å². The van der Waals surface area contributed by atoms with Crippen molar-refractivity contribution >= 4 is 5.97 Å². The molecule has 4 aliphatic heterocycles. The minimum absolute atomic E-state index is 0.0575. The molecule has 0 amide bonds. The molecule has 4 heterocycles. The van der Waals surface area contributed by atoms with E-state index in [4.69, 9.17) is 14.2 Å². The van der Waals surface area contributed by atoms with Crippen LogP contribution in [0.25, 0.3) is 0 Å². The van der Waals surface area contributed by atoms with Gasteiger partial charge in [-0.15, -0.1) is 0 Å². The van der Waals surface area contributed by atoms with Gasteiger partial charge < -0.3 is 24.4 Å². The van der Waals surface area contributed by atoms with E-state index in [1.807, 2.05) is 0 Å². The number of hydrogen-bond acceptors (Lipinski definition) is 7. The number of benzene rings is 1. The fourth-order valence-electron chi connectivity index (χ4n) is 7.57. The largest absolute Gasteiger partial charge is 0.492 e. The van der Waals surface area contributed by atoms with E-state index in [0.29, 0.717) is 11.7 Å². The van der Waals surface area contributed by atoms with Crippen LogP contribution in [0.1, 0.15) is 76.8 Å². The number of aliphatic hydroxyl groups is 2. The van der Waals surface area contributed by atoms with Crippen molar-refractivity contribution in [2.75, 3.05) is 20.3 Å². The lowest BCUT2D eigenvalue weighted by Crippen LogP contribution is -2.56. The lowest BCUT2D eigenvalue weighted by Gasteiger charge is -2.49. The van der Waals surface area contributed by atoms with Crippen molar-refractivity contribution in [2.45, 2.75) is 96.7 Å². The molecule has 5 rings (SSSR count). The van der Waals surface area contributed by atoms with Gasteiger partial charge in [0.2, 0.25) is 5.76 Å². The Morgan fingerprint density at radius 2 is 1.95 bits per heavy atom. The van der Waals surface area contributed by atoms with Gasteiger partial charge in [0.05, 0.1) is 19.8 Å². The van der Waals surface area contributed by atoms with Crippen LogP contribution in [-0.4, -0.2) is 59.5 Å². The topological polar surface area (TPSA) is 88.5 Å². The molecule has 0 spiro atoms. The number of hydrogen-bond donors (Lipinski definition) is 2. The monoisotopic (exact) mass is 565 g/mol. The predicted octanol–water partition coefficient (Wildman–Crippen LogP) is 5.41. The number of aliphatic hydroxyl groups excluding tert-OH is 2. The average Bonchev–Trinajstić information content (AvgIpc) is 3.40. The molecule has 1 aromatic carbocycles. The first-order valence-corrected chi connectivity index (χ1v) is 15.6. The van der Waals surface area contributed by atoms with Gasteiger partial charge in [0, 0.05) is 30.5 Å². The summed E-state index contributed by atoms with van der Waals surface area (Å²) >= 11 is 0. The molecule has 0 bridgehead atoms. The van der Waals surface area contributed by atoms with E-state index >= 15 is 0 Å². The van der Waals surface area contributed by atoms with Crippen LogP contribution >= 0.6 is 0 Å². The first-order valence-electron chi connectivity index (χ1n) is 15.6. The Balaban J connectivity index is 1.44. The predicted molar refractivity (Wildman–Crippen MR) is 157 cm³/mol. The Labute approximate surface area is 244 Å². The highest BCUT2D eigenvalue weighted by Gasteiger charge is 2.51. The van der Waals surface area contributed by atoms with Gasteiger partial charge in [0.15, 0.2) is 11.5 Å². The lowest BCUT2D eigenvalue weighted by molar-refractivity contribution is -0.133. The second kappa shape index (κ2) is 13.1. The Morgan fingerprint density at radius 1 is 1.15 bits per heavy atom. The second-order valence-corrected chi connectivity index (χ2v) is 12.2. The quantitative estimate of drug-likeness (QED) is 0.290. The average molecular weight is 566 g/mol. The molecule has 0 aliphatic carbocycles. The number of allylic oxidation sites excluding steroid dienone is 1. The Hall–Kier alpha value is -2.61. The van der Waals surface area contributed by atoms with Crippen LogP contribution in [0.2, 0.25) is 0 Å². The third-order valence-corrected chi connectivity index (χ3v) is 9.61. The molecule has 224 valence electrons. The van der Waals surface area contributed by atoms with Gasteiger partial charge in [-0.05, 0) is 68.1 Å². The maximum atomic E-state index is 12.5. The van der Waals surface area contributed by atoms with Crippen molar-refractivity contribution in [3.63, 3.8) is 0 Å². The van der Waals surface area contributed by atoms with Crippen LogP contribution in [0.5, 0.6) is 0 Å². The van der Waals surface area contributed by atoms with Gasteiger partial charge in [-0.3, -0.25) is 4.90 Å². The zero-order valence-electron chi connectivity index (χ0n) is 25.1. The first-order chi connectivity index (χ1) is 19.9. The van der Waals surface area contributed by atoms with Crippen molar-refractivity contribution < 1.29 is 29.2 Å². The van der Waals surface area contributed by atoms with Gasteiger partial charge >= 0.3 is 5.97 Å². The molecular formula is C34H47NO6. The Kier molecular flexibility index (Phi) is 9.57. The maximum Gasteiger partial charge on any atom is 0.345 e. The normalized spacial score (nSPS) is 30.7. The number of ether oxygens (including phenoxy) is 3. The summed E-state index contributed by atoms with van der Waals surface area (Å²) in [6, 6.07) is 9.39. The Bertz CT molecular complexity index is 1200. The molecule has 0 radical (unpaired) electrons. The molecule has 7 nitrogen and oxygen atoms in total. The van der Waals surface area contributed by atoms with E-state index in [2.05, 4.69) is 56.0 Å². The van der Waals surface area contributed by atoms with Crippen molar-refractivity contribution in [1.82, 2.24) is 4.90 Å². The smallest absolute Gasteiger partial charge is 0.345 e. The molecule has 2 saturated heterocycles. The summed E-state index contributed by atoms with van der Waals surface area (Å²) in [4.78, 5) is 15.0. The summed E-state index contributed by atoms with van der Waals surface area (Å²) in [7, 11) is 1.48. The fraction of sp³-hybridized carbons (Fsp3) is 0.618. The number of piperidine rings is 1. The zero-order valence-corrected chi connectivity index (χ0v) is 25.1. The molecule has 0 unspecified atom stereocenters. The highest BCUT2D eigenvalue weighted by Crippen LogP contribution is 2.50. The summed E-state index contributed by atoms with van der Waals surface area (Å²) in [5, 5.41) is 21.0. The van der Waals surface area contributed by atoms with Crippen LogP contribution in [0.15, 0.2) is 59.0 Å². The first kappa shape index (κ1) is 29.9. The molecule has 7 heteroatoms. The molecule has 41 heavy (non-hydrogen) atoms. The van der Waals surface area contributed by atoms with Crippen LogP contribution in [0, 0.1) is 17.8 Å². The van der Waals surface area contributed by atoms with Crippen LogP contribution in [0.3, 0.4) is 0 Å². The van der Waals surface area contributed by atoms with Gasteiger partial charge in [-0.1, -0.05) is 57.9 Å². The van der Waals surface area contributed by atoms with E-state index in [9.17, 15) is 15.0 Å². The molecule has 1 aromatic rings. The summed E-state index contributed by atoms with van der Waals surface area (Å²) in [5.41, 5.74) is 2.92. The highest BCUT2D eigenvalue weighted by molar-refractivity contribution is 5.94. The molecule has 2 fully saturated rings. The molecular weight excluding hydrogens is 518 g/mol. The number of unbranched alkanes of at least 4 members (excludes halogenated alkanes) is 2. The number of cyclic esters (lactones) is 1. The van der Waals surface area contributed by atoms with Gasteiger partial charge in [-0.2, -0.15) is 0 Å². The summed E-state index contributed by atoms with van der Waals surface area (Å²) in [5.74, 6) is 1.91. The number of carbonyl (C=O) groups excluding carboxylic acids is 1. The SMILES string of the molecule is CCCCCc1cccc(C[C@H]2C[C@@H]3[C@H]4C(=CCCN3[C@H]([C@@H](O)CC)C2)OC(=C2OC(=O)C(CO)=C2OC)[C@H]4C)c1. The van der Waals surface area contributed by atoms with Gasteiger partial charge in [0.25, 0.3) is 0 Å². The number of aryl methyl sites for hydroxylation is 1. The molecule has 0 saturated carbocycles. The minimum atomic E-state index is -0.592. The van der Waals surface area contributed by atoms with Crippen LogP contribution in [-0.2, 0) is 31.8 Å².